The number of carbonyl (C=O) groups excluding carboxylic acids is 1. The van der Waals surface area contributed by atoms with Crippen LogP contribution in [0, 0.1) is 0 Å². The molecule has 6 heteroatoms. The molecule has 0 aliphatic heterocycles. The number of halogens is 1. The Kier molecular flexibility index (Phi) is 4.70. The molecular weight excluding hydrogens is 320 g/mol. The van der Waals surface area contributed by atoms with Gasteiger partial charge < -0.3 is 16.4 Å². The third-order valence-electron chi connectivity index (χ3n) is 2.69. The van der Waals surface area contributed by atoms with E-state index < -0.39 is 0 Å². The quantitative estimate of drug-likeness (QED) is 0.803. The molecule has 1 aromatic carbocycles. The van der Waals surface area contributed by atoms with Gasteiger partial charge in [-0.2, -0.15) is 0 Å². The summed E-state index contributed by atoms with van der Waals surface area (Å²) in [7, 11) is 0. The van der Waals surface area contributed by atoms with E-state index in [2.05, 4.69) is 31.5 Å². The van der Waals surface area contributed by atoms with Crippen LogP contribution in [0.2, 0.25) is 0 Å². The Bertz CT molecular complexity index is 616. The van der Waals surface area contributed by atoms with Crippen molar-refractivity contribution in [1.29, 1.82) is 0 Å². The number of nitrogens with one attached hydrogen (secondary N) is 2. The molecule has 0 bridgehead atoms. The van der Waals surface area contributed by atoms with Crippen molar-refractivity contribution in [3.05, 3.63) is 52.8 Å². The molecule has 0 aliphatic rings. The molecule has 0 saturated carbocycles. The van der Waals surface area contributed by atoms with Crippen molar-refractivity contribution >= 4 is 33.3 Å². The van der Waals surface area contributed by atoms with Crippen molar-refractivity contribution in [3.8, 4) is 0 Å². The Morgan fingerprint density at radius 2 is 2.15 bits per heavy atom. The van der Waals surface area contributed by atoms with E-state index in [0.29, 0.717) is 11.4 Å². The highest BCUT2D eigenvalue weighted by molar-refractivity contribution is 9.10. The molecule has 0 spiro atoms. The fourth-order valence-electron chi connectivity index (χ4n) is 1.66. The van der Waals surface area contributed by atoms with Crippen LogP contribution < -0.4 is 16.4 Å². The van der Waals surface area contributed by atoms with Crippen molar-refractivity contribution in [3.63, 3.8) is 0 Å². The summed E-state index contributed by atoms with van der Waals surface area (Å²) < 4.78 is 0.722. The highest BCUT2D eigenvalue weighted by Gasteiger charge is 2.06. The smallest absolute Gasteiger partial charge is 0.323 e. The lowest BCUT2D eigenvalue weighted by Crippen LogP contribution is -2.20. The van der Waals surface area contributed by atoms with Gasteiger partial charge in [0.1, 0.15) is 0 Å². The molecule has 1 heterocycles. The van der Waals surface area contributed by atoms with E-state index in [1.165, 1.54) is 0 Å². The van der Waals surface area contributed by atoms with Gasteiger partial charge in [0.15, 0.2) is 0 Å². The number of pyridine rings is 1. The lowest BCUT2D eigenvalue weighted by atomic mass is 10.1. The van der Waals surface area contributed by atoms with Gasteiger partial charge in [0.25, 0.3) is 0 Å². The molecule has 5 nitrogen and oxygen atoms in total. The maximum atomic E-state index is 11.9. The summed E-state index contributed by atoms with van der Waals surface area (Å²) in [4.78, 5) is 15.9. The lowest BCUT2D eigenvalue weighted by Gasteiger charge is -2.11. The van der Waals surface area contributed by atoms with Gasteiger partial charge in [-0.05, 0) is 46.6 Å². The number of aromatic nitrogens is 1. The SMILES string of the molecule is CC(N)c1cccc(NC(=O)Nc2ccncc2Br)c1. The molecule has 1 unspecified atom stereocenters. The molecule has 20 heavy (non-hydrogen) atoms. The first-order chi connectivity index (χ1) is 9.56. The Balaban J connectivity index is 2.05. The molecular formula is C14H15BrN4O. The summed E-state index contributed by atoms with van der Waals surface area (Å²) >= 11 is 3.32. The first-order valence-electron chi connectivity index (χ1n) is 6.09. The van der Waals surface area contributed by atoms with Crippen molar-refractivity contribution < 1.29 is 4.79 Å². The highest BCUT2D eigenvalue weighted by atomic mass is 79.9. The normalized spacial score (nSPS) is 11.8. The van der Waals surface area contributed by atoms with Gasteiger partial charge in [0, 0.05) is 24.1 Å². The van der Waals surface area contributed by atoms with Gasteiger partial charge in [-0.3, -0.25) is 4.98 Å². The third-order valence-corrected chi connectivity index (χ3v) is 3.32. The monoisotopic (exact) mass is 334 g/mol. The van der Waals surface area contributed by atoms with Crippen LogP contribution in [0.4, 0.5) is 16.2 Å². The largest absolute Gasteiger partial charge is 0.324 e. The molecule has 2 rings (SSSR count). The third kappa shape index (κ3) is 3.79. The summed E-state index contributed by atoms with van der Waals surface area (Å²) in [6.07, 6.45) is 3.23. The topological polar surface area (TPSA) is 80.0 Å². The molecule has 0 fully saturated rings. The molecule has 2 amide bonds. The Hall–Kier alpha value is -1.92. The fraction of sp³-hybridized carbons (Fsp3) is 0.143. The van der Waals surface area contributed by atoms with E-state index >= 15 is 0 Å². The average Bonchev–Trinajstić information content (AvgIpc) is 2.41. The van der Waals surface area contributed by atoms with E-state index in [1.807, 2.05) is 31.2 Å². The van der Waals surface area contributed by atoms with Crippen LogP contribution in [0.5, 0.6) is 0 Å². The van der Waals surface area contributed by atoms with Crippen LogP contribution in [0.3, 0.4) is 0 Å². The average molecular weight is 335 g/mol. The number of nitrogens with zero attached hydrogens (tertiary/aromatic N) is 1. The first-order valence-corrected chi connectivity index (χ1v) is 6.88. The molecule has 0 saturated heterocycles. The van der Waals surface area contributed by atoms with Gasteiger partial charge in [-0.25, -0.2) is 4.79 Å². The van der Waals surface area contributed by atoms with E-state index in [0.717, 1.165) is 10.0 Å². The molecule has 104 valence electrons. The predicted molar refractivity (Wildman–Crippen MR) is 83.6 cm³/mol. The minimum absolute atomic E-state index is 0.0749. The zero-order valence-electron chi connectivity index (χ0n) is 10.9. The number of hydrogen-bond donors (Lipinski definition) is 3. The van der Waals surface area contributed by atoms with Gasteiger partial charge in [-0.15, -0.1) is 0 Å². The number of benzene rings is 1. The summed E-state index contributed by atoms with van der Waals surface area (Å²) in [6, 6.07) is 8.76. The summed E-state index contributed by atoms with van der Waals surface area (Å²) in [6.45, 7) is 1.90. The minimum atomic E-state index is -0.321. The van der Waals surface area contributed by atoms with Crippen LogP contribution in [0.25, 0.3) is 0 Å². The number of hydrogen-bond acceptors (Lipinski definition) is 3. The Morgan fingerprint density at radius 3 is 2.85 bits per heavy atom. The number of urea groups is 1. The van der Waals surface area contributed by atoms with Crippen molar-refractivity contribution in [1.82, 2.24) is 4.98 Å². The summed E-state index contributed by atoms with van der Waals surface area (Å²) in [5.41, 5.74) is 8.13. The van der Waals surface area contributed by atoms with Crippen molar-refractivity contribution in [2.45, 2.75) is 13.0 Å². The van der Waals surface area contributed by atoms with Crippen LogP contribution in [0.1, 0.15) is 18.5 Å². The first kappa shape index (κ1) is 14.5. The van der Waals surface area contributed by atoms with Gasteiger partial charge in [0.05, 0.1) is 10.2 Å². The Labute approximate surface area is 125 Å². The fourth-order valence-corrected chi connectivity index (χ4v) is 2.01. The second-order valence-corrected chi connectivity index (χ2v) is 5.20. The van der Waals surface area contributed by atoms with Crippen LogP contribution in [-0.2, 0) is 0 Å². The number of rotatable bonds is 3. The maximum Gasteiger partial charge on any atom is 0.323 e. The molecule has 0 aliphatic carbocycles. The number of carbonyl (C=O) groups is 1. The zero-order chi connectivity index (χ0) is 14.5. The second-order valence-electron chi connectivity index (χ2n) is 4.35. The zero-order valence-corrected chi connectivity index (χ0v) is 12.5. The van der Waals surface area contributed by atoms with Crippen molar-refractivity contribution in [2.24, 2.45) is 5.73 Å². The molecule has 4 N–H and O–H groups in total. The van der Waals surface area contributed by atoms with Crippen molar-refractivity contribution in [2.75, 3.05) is 10.6 Å². The van der Waals surface area contributed by atoms with Crippen LogP contribution >= 0.6 is 15.9 Å². The van der Waals surface area contributed by atoms with Crippen LogP contribution in [-0.4, -0.2) is 11.0 Å². The predicted octanol–water partition coefficient (Wildman–Crippen LogP) is 3.51. The summed E-state index contributed by atoms with van der Waals surface area (Å²) in [5.74, 6) is 0. The molecule has 0 radical (unpaired) electrons. The lowest BCUT2D eigenvalue weighted by molar-refractivity contribution is 0.262. The van der Waals surface area contributed by atoms with E-state index in [-0.39, 0.29) is 12.1 Å². The molecule has 1 atom stereocenters. The van der Waals surface area contributed by atoms with E-state index in [9.17, 15) is 4.79 Å². The minimum Gasteiger partial charge on any atom is -0.324 e. The number of nitrogens with two attached hydrogens (primary N) is 1. The molecule has 2 aromatic rings. The number of amides is 2. The van der Waals surface area contributed by atoms with E-state index in [4.69, 9.17) is 5.73 Å². The van der Waals surface area contributed by atoms with Gasteiger partial charge in [-0.1, -0.05) is 12.1 Å². The van der Waals surface area contributed by atoms with Crippen LogP contribution in [0.15, 0.2) is 47.2 Å². The number of anilines is 2. The highest BCUT2D eigenvalue weighted by Crippen LogP contribution is 2.20. The summed E-state index contributed by atoms with van der Waals surface area (Å²) in [5, 5.41) is 5.51. The van der Waals surface area contributed by atoms with Gasteiger partial charge in [0.2, 0.25) is 0 Å². The standard InChI is InChI=1S/C14H15BrN4O/c1-9(16)10-3-2-4-11(7-10)18-14(20)19-13-5-6-17-8-12(13)15/h2-9H,16H2,1H3,(H2,17,18,19,20). The second kappa shape index (κ2) is 6.49. The van der Waals surface area contributed by atoms with Gasteiger partial charge >= 0.3 is 6.03 Å². The Morgan fingerprint density at radius 1 is 1.35 bits per heavy atom. The molecule has 1 aromatic heterocycles. The maximum absolute atomic E-state index is 11.9. The van der Waals surface area contributed by atoms with E-state index in [1.54, 1.807) is 18.5 Å².